The van der Waals surface area contributed by atoms with Crippen LogP contribution in [0.4, 0.5) is 0 Å². The minimum Gasteiger partial charge on any atom is -0.465 e. The van der Waals surface area contributed by atoms with Gasteiger partial charge < -0.3 is 4.74 Å². The van der Waals surface area contributed by atoms with Crippen molar-refractivity contribution in [3.05, 3.63) is 0 Å². The van der Waals surface area contributed by atoms with Gasteiger partial charge in [0.05, 0.1) is 6.61 Å². The lowest BCUT2D eigenvalue weighted by Gasteiger charge is -2.12. The van der Waals surface area contributed by atoms with Gasteiger partial charge in [-0.3, -0.25) is 4.79 Å². The molecular formula is C9H18ClNO2. The van der Waals surface area contributed by atoms with Crippen molar-refractivity contribution >= 4 is 17.7 Å². The van der Waals surface area contributed by atoms with E-state index in [9.17, 15) is 4.79 Å². The summed E-state index contributed by atoms with van der Waals surface area (Å²) in [6, 6.07) is -0.354. The summed E-state index contributed by atoms with van der Waals surface area (Å²) in [7, 11) is 0. The largest absolute Gasteiger partial charge is 0.465 e. The SMILES string of the molecule is CCCCC[C@H](NCl)C(=O)OCC. The van der Waals surface area contributed by atoms with Crippen LogP contribution in [0.5, 0.6) is 0 Å². The van der Waals surface area contributed by atoms with Gasteiger partial charge in [-0.25, -0.2) is 4.84 Å². The Kier molecular flexibility index (Phi) is 8.14. The molecule has 0 spiro atoms. The van der Waals surface area contributed by atoms with Gasteiger partial charge in [-0.2, -0.15) is 0 Å². The first-order valence-electron chi connectivity index (χ1n) is 4.79. The molecular weight excluding hydrogens is 190 g/mol. The molecule has 0 amide bonds. The van der Waals surface area contributed by atoms with E-state index in [1.54, 1.807) is 6.92 Å². The molecule has 0 fully saturated rings. The van der Waals surface area contributed by atoms with Crippen LogP contribution >= 0.6 is 11.8 Å². The summed E-state index contributed by atoms with van der Waals surface area (Å²) in [4.78, 5) is 13.6. The fourth-order valence-corrected chi connectivity index (χ4v) is 1.26. The van der Waals surface area contributed by atoms with Gasteiger partial charge in [0.2, 0.25) is 0 Å². The lowest BCUT2D eigenvalue weighted by molar-refractivity contribution is -0.145. The highest BCUT2D eigenvalue weighted by molar-refractivity contribution is 6.14. The predicted octanol–water partition coefficient (Wildman–Crippen LogP) is 2.24. The summed E-state index contributed by atoms with van der Waals surface area (Å²) in [6.07, 6.45) is 4.00. The first kappa shape index (κ1) is 12.7. The Labute approximate surface area is 84.9 Å². The molecule has 0 rings (SSSR count). The van der Waals surface area contributed by atoms with Crippen molar-refractivity contribution in [3.8, 4) is 0 Å². The molecule has 0 aromatic carbocycles. The van der Waals surface area contributed by atoms with Crippen LogP contribution in [0.3, 0.4) is 0 Å². The third-order valence-electron chi connectivity index (χ3n) is 1.80. The number of halogens is 1. The van der Waals surface area contributed by atoms with Gasteiger partial charge in [-0.15, -0.1) is 0 Å². The second-order valence-corrected chi connectivity index (χ2v) is 3.13. The number of ether oxygens (including phenoxy) is 1. The maximum atomic E-state index is 11.2. The maximum Gasteiger partial charge on any atom is 0.324 e. The molecule has 0 aliphatic carbocycles. The Morgan fingerprint density at radius 2 is 2.15 bits per heavy atom. The normalized spacial score (nSPS) is 12.5. The van der Waals surface area contributed by atoms with Crippen LogP contribution in [0.2, 0.25) is 0 Å². The van der Waals surface area contributed by atoms with E-state index in [1.165, 1.54) is 0 Å². The summed E-state index contributed by atoms with van der Waals surface area (Å²) >= 11 is 5.43. The van der Waals surface area contributed by atoms with Crippen molar-refractivity contribution in [2.75, 3.05) is 6.61 Å². The first-order chi connectivity index (χ1) is 6.26. The molecule has 0 aliphatic heterocycles. The van der Waals surface area contributed by atoms with E-state index in [0.717, 1.165) is 25.7 Å². The lowest BCUT2D eigenvalue weighted by Crippen LogP contribution is -2.32. The van der Waals surface area contributed by atoms with Crippen molar-refractivity contribution in [1.29, 1.82) is 0 Å². The number of hydrogen-bond donors (Lipinski definition) is 1. The second kappa shape index (κ2) is 8.32. The molecule has 3 nitrogen and oxygen atoms in total. The number of unbranched alkanes of at least 4 members (excludes halogenated alkanes) is 2. The van der Waals surface area contributed by atoms with Crippen LogP contribution in [0.1, 0.15) is 39.5 Å². The Morgan fingerprint density at radius 1 is 1.46 bits per heavy atom. The second-order valence-electron chi connectivity index (χ2n) is 2.91. The Balaban J connectivity index is 3.67. The number of esters is 1. The van der Waals surface area contributed by atoms with Crippen molar-refractivity contribution in [3.63, 3.8) is 0 Å². The van der Waals surface area contributed by atoms with Crippen LogP contribution < -0.4 is 4.84 Å². The maximum absolute atomic E-state index is 11.2. The molecule has 1 atom stereocenters. The molecule has 0 aromatic rings. The minimum absolute atomic E-state index is 0.256. The Bertz CT molecular complexity index is 142. The van der Waals surface area contributed by atoms with Crippen molar-refractivity contribution in [2.45, 2.75) is 45.6 Å². The molecule has 78 valence electrons. The molecule has 0 unspecified atom stereocenters. The number of rotatable bonds is 7. The van der Waals surface area contributed by atoms with Crippen LogP contribution in [0.15, 0.2) is 0 Å². The third kappa shape index (κ3) is 5.88. The van der Waals surface area contributed by atoms with Gasteiger partial charge in [0.25, 0.3) is 0 Å². The zero-order chi connectivity index (χ0) is 10.1. The number of nitrogens with one attached hydrogen (secondary N) is 1. The van der Waals surface area contributed by atoms with E-state index in [2.05, 4.69) is 11.8 Å². The zero-order valence-corrected chi connectivity index (χ0v) is 9.06. The fraction of sp³-hybridized carbons (Fsp3) is 0.889. The highest BCUT2D eigenvalue weighted by Gasteiger charge is 2.17. The average Bonchev–Trinajstić information content (AvgIpc) is 2.13. The number of hydrogen-bond acceptors (Lipinski definition) is 3. The van der Waals surface area contributed by atoms with Gasteiger partial charge in [-0.1, -0.05) is 26.2 Å². The van der Waals surface area contributed by atoms with E-state index in [0.29, 0.717) is 6.61 Å². The molecule has 4 heteroatoms. The van der Waals surface area contributed by atoms with Gasteiger partial charge in [-0.05, 0) is 25.1 Å². The molecule has 1 N–H and O–H groups in total. The number of carbonyl (C=O) groups is 1. The van der Waals surface area contributed by atoms with Crippen LogP contribution in [-0.4, -0.2) is 18.6 Å². The van der Waals surface area contributed by atoms with E-state index in [1.807, 2.05) is 0 Å². The van der Waals surface area contributed by atoms with Crippen LogP contribution in [0.25, 0.3) is 0 Å². The molecule has 0 aliphatic rings. The van der Waals surface area contributed by atoms with Gasteiger partial charge >= 0.3 is 5.97 Å². The van der Waals surface area contributed by atoms with Crippen molar-refractivity contribution in [1.82, 2.24) is 4.84 Å². The zero-order valence-electron chi connectivity index (χ0n) is 8.31. The van der Waals surface area contributed by atoms with E-state index in [4.69, 9.17) is 16.5 Å². The molecule has 0 saturated carbocycles. The lowest BCUT2D eigenvalue weighted by atomic mass is 10.1. The summed E-state index contributed by atoms with van der Waals surface area (Å²) < 4.78 is 4.84. The molecule has 0 saturated heterocycles. The monoisotopic (exact) mass is 207 g/mol. The highest BCUT2D eigenvalue weighted by atomic mass is 35.5. The van der Waals surface area contributed by atoms with E-state index in [-0.39, 0.29) is 12.0 Å². The number of carbonyl (C=O) groups excluding carboxylic acids is 1. The summed E-state index contributed by atoms with van der Waals surface area (Å²) in [5, 5.41) is 0. The standard InChI is InChI=1S/C9H18ClNO2/c1-3-5-6-7-8(11-10)9(12)13-4-2/h8,11H,3-7H2,1-2H3/t8-/m0/s1. The molecule has 0 radical (unpaired) electrons. The highest BCUT2D eigenvalue weighted by Crippen LogP contribution is 2.05. The Morgan fingerprint density at radius 3 is 2.62 bits per heavy atom. The van der Waals surface area contributed by atoms with Gasteiger partial charge in [0.1, 0.15) is 6.04 Å². The molecule has 13 heavy (non-hydrogen) atoms. The van der Waals surface area contributed by atoms with Crippen molar-refractivity contribution < 1.29 is 9.53 Å². The predicted molar refractivity (Wildman–Crippen MR) is 53.6 cm³/mol. The van der Waals surface area contributed by atoms with Crippen LogP contribution in [0, 0.1) is 0 Å². The third-order valence-corrected chi connectivity index (χ3v) is 2.06. The van der Waals surface area contributed by atoms with Gasteiger partial charge in [0, 0.05) is 0 Å². The molecule has 0 aromatic heterocycles. The summed E-state index contributed by atoms with van der Waals surface area (Å²) in [5.41, 5.74) is 0. The average molecular weight is 208 g/mol. The minimum atomic E-state index is -0.354. The van der Waals surface area contributed by atoms with E-state index >= 15 is 0 Å². The van der Waals surface area contributed by atoms with Gasteiger partial charge in [0.15, 0.2) is 0 Å². The summed E-state index contributed by atoms with van der Waals surface area (Å²) in [6.45, 7) is 4.31. The van der Waals surface area contributed by atoms with E-state index < -0.39 is 0 Å². The molecule has 0 bridgehead atoms. The molecule has 0 heterocycles. The quantitative estimate of drug-likeness (QED) is 0.395. The topological polar surface area (TPSA) is 38.3 Å². The van der Waals surface area contributed by atoms with Crippen LogP contribution in [-0.2, 0) is 9.53 Å². The fourth-order valence-electron chi connectivity index (χ4n) is 1.06. The first-order valence-corrected chi connectivity index (χ1v) is 5.16. The van der Waals surface area contributed by atoms with Crippen molar-refractivity contribution in [2.24, 2.45) is 0 Å². The summed E-state index contributed by atoms with van der Waals surface area (Å²) in [5.74, 6) is -0.256. The Hall–Kier alpha value is -0.280. The smallest absolute Gasteiger partial charge is 0.324 e.